The summed E-state index contributed by atoms with van der Waals surface area (Å²) >= 11 is 18.4. The van der Waals surface area contributed by atoms with Crippen molar-refractivity contribution in [2.24, 2.45) is 5.92 Å². The second-order valence-corrected chi connectivity index (χ2v) is 7.00. The lowest BCUT2D eigenvalue weighted by Crippen LogP contribution is -2.36. The first-order valence-corrected chi connectivity index (χ1v) is 8.53. The van der Waals surface area contributed by atoms with Crippen LogP contribution in [0.4, 0.5) is 0 Å². The van der Waals surface area contributed by atoms with Gasteiger partial charge >= 0.3 is 0 Å². The van der Waals surface area contributed by atoms with E-state index in [-0.39, 0.29) is 6.04 Å². The zero-order chi connectivity index (χ0) is 14.7. The molecule has 1 unspecified atom stereocenters. The lowest BCUT2D eigenvalue weighted by molar-refractivity contribution is 0.268. The highest BCUT2D eigenvalue weighted by Crippen LogP contribution is 2.36. The molecule has 1 saturated carbocycles. The summed E-state index contributed by atoms with van der Waals surface area (Å²) in [4.78, 5) is 0. The minimum Gasteiger partial charge on any atom is -0.307 e. The van der Waals surface area contributed by atoms with Crippen molar-refractivity contribution in [3.05, 3.63) is 32.8 Å². The molecule has 0 heterocycles. The minimum atomic E-state index is 0.175. The van der Waals surface area contributed by atoms with Crippen LogP contribution in [0.25, 0.3) is 0 Å². The maximum absolute atomic E-state index is 6.31. The average molecular weight is 335 g/mol. The van der Waals surface area contributed by atoms with Crippen molar-refractivity contribution in [1.82, 2.24) is 5.32 Å². The molecule has 0 spiro atoms. The van der Waals surface area contributed by atoms with Gasteiger partial charge in [0.15, 0.2) is 0 Å². The van der Waals surface area contributed by atoms with Crippen LogP contribution in [0.15, 0.2) is 12.1 Å². The predicted octanol–water partition coefficient (Wildman–Crippen LogP) is 6.27. The summed E-state index contributed by atoms with van der Waals surface area (Å²) in [5.74, 6) is 0.771. The molecule has 1 N–H and O–H groups in total. The Morgan fingerprint density at radius 1 is 1.00 bits per heavy atom. The normalized spacial score (nSPS) is 19.9. The molecule has 0 amide bonds. The predicted molar refractivity (Wildman–Crippen MR) is 89.1 cm³/mol. The first-order chi connectivity index (χ1) is 9.50. The van der Waals surface area contributed by atoms with Crippen molar-refractivity contribution >= 4 is 34.8 Å². The van der Waals surface area contributed by atoms with E-state index in [1.54, 1.807) is 0 Å². The standard InChI is InChI=1S/C16H22Cl3N/c1-10(12-6-4-3-5-7-12)20-11(2)13-8-9-14(17)16(19)15(13)18/h8-12,20H,3-7H2,1-2H3/t10-,11?/m0/s1. The van der Waals surface area contributed by atoms with Gasteiger partial charge in [0, 0.05) is 12.1 Å². The molecule has 1 fully saturated rings. The average Bonchev–Trinajstić information content (AvgIpc) is 2.45. The van der Waals surface area contributed by atoms with Gasteiger partial charge in [-0.3, -0.25) is 0 Å². The molecule has 0 radical (unpaired) electrons. The molecule has 0 aromatic heterocycles. The summed E-state index contributed by atoms with van der Waals surface area (Å²) in [5, 5.41) is 5.19. The molecule has 1 aromatic rings. The highest BCUT2D eigenvalue weighted by atomic mass is 35.5. The highest BCUT2D eigenvalue weighted by molar-refractivity contribution is 6.48. The third-order valence-corrected chi connectivity index (χ3v) is 5.71. The summed E-state index contributed by atoms with van der Waals surface area (Å²) in [7, 11) is 0. The molecule has 112 valence electrons. The molecule has 2 atom stereocenters. The van der Waals surface area contributed by atoms with Gasteiger partial charge < -0.3 is 5.32 Å². The van der Waals surface area contributed by atoms with Gasteiger partial charge in [0.05, 0.1) is 15.1 Å². The van der Waals surface area contributed by atoms with Crippen LogP contribution >= 0.6 is 34.8 Å². The third kappa shape index (κ3) is 3.82. The van der Waals surface area contributed by atoms with Gasteiger partial charge in [-0.15, -0.1) is 0 Å². The van der Waals surface area contributed by atoms with Gasteiger partial charge in [-0.2, -0.15) is 0 Å². The van der Waals surface area contributed by atoms with Gasteiger partial charge in [-0.05, 0) is 44.2 Å². The molecule has 20 heavy (non-hydrogen) atoms. The smallest absolute Gasteiger partial charge is 0.0781 e. The summed E-state index contributed by atoms with van der Waals surface area (Å²) in [6, 6.07) is 4.45. The summed E-state index contributed by atoms with van der Waals surface area (Å²) in [6.45, 7) is 4.41. The molecule has 1 nitrogen and oxygen atoms in total. The second kappa shape index (κ2) is 7.35. The Morgan fingerprint density at radius 2 is 1.65 bits per heavy atom. The third-order valence-electron chi connectivity index (χ3n) is 4.40. The molecule has 1 aliphatic carbocycles. The van der Waals surface area contributed by atoms with Crippen LogP contribution in [0.1, 0.15) is 57.6 Å². The van der Waals surface area contributed by atoms with Gasteiger partial charge in [0.25, 0.3) is 0 Å². The summed E-state index contributed by atoms with van der Waals surface area (Å²) < 4.78 is 0. The van der Waals surface area contributed by atoms with Crippen LogP contribution < -0.4 is 5.32 Å². The topological polar surface area (TPSA) is 12.0 Å². The first-order valence-electron chi connectivity index (χ1n) is 7.40. The molecule has 4 heteroatoms. The Morgan fingerprint density at radius 3 is 2.30 bits per heavy atom. The molecule has 1 aliphatic rings. The van der Waals surface area contributed by atoms with Crippen molar-refractivity contribution < 1.29 is 0 Å². The SMILES string of the molecule is CC(N[C@@H](C)C1CCCCC1)c1ccc(Cl)c(Cl)c1Cl. The fraction of sp³-hybridized carbons (Fsp3) is 0.625. The number of halogens is 3. The Labute approximate surface area is 137 Å². The number of nitrogens with one attached hydrogen (secondary N) is 1. The lowest BCUT2D eigenvalue weighted by Gasteiger charge is -2.31. The van der Waals surface area contributed by atoms with E-state index in [9.17, 15) is 0 Å². The maximum atomic E-state index is 6.31. The molecular weight excluding hydrogens is 313 g/mol. The van der Waals surface area contributed by atoms with E-state index >= 15 is 0 Å². The van der Waals surface area contributed by atoms with Crippen molar-refractivity contribution in [2.45, 2.75) is 58.0 Å². The number of hydrogen-bond acceptors (Lipinski definition) is 1. The number of rotatable bonds is 4. The van der Waals surface area contributed by atoms with Crippen LogP contribution in [0, 0.1) is 5.92 Å². The molecular formula is C16H22Cl3N. The Hall–Kier alpha value is 0.0500. The van der Waals surface area contributed by atoms with Gasteiger partial charge in [0.1, 0.15) is 0 Å². The van der Waals surface area contributed by atoms with Gasteiger partial charge in [0.2, 0.25) is 0 Å². The monoisotopic (exact) mass is 333 g/mol. The number of benzene rings is 1. The minimum absolute atomic E-state index is 0.175. The van der Waals surface area contributed by atoms with Crippen molar-refractivity contribution in [2.75, 3.05) is 0 Å². The van der Waals surface area contributed by atoms with Crippen LogP contribution in [-0.4, -0.2) is 6.04 Å². The lowest BCUT2D eigenvalue weighted by atomic mass is 9.84. The molecule has 0 bridgehead atoms. The summed E-state index contributed by atoms with van der Waals surface area (Å²) in [6.07, 6.45) is 6.76. The van der Waals surface area contributed by atoms with Gasteiger partial charge in [-0.1, -0.05) is 60.1 Å². The van der Waals surface area contributed by atoms with Crippen LogP contribution in [0.5, 0.6) is 0 Å². The van der Waals surface area contributed by atoms with Crippen molar-refractivity contribution in [1.29, 1.82) is 0 Å². The molecule has 0 aliphatic heterocycles. The van der Waals surface area contributed by atoms with Crippen molar-refractivity contribution in [3.8, 4) is 0 Å². The largest absolute Gasteiger partial charge is 0.307 e. The van der Waals surface area contributed by atoms with E-state index in [1.165, 1.54) is 32.1 Å². The second-order valence-electron chi connectivity index (χ2n) is 5.84. The molecule has 1 aromatic carbocycles. The van der Waals surface area contributed by atoms with Crippen LogP contribution in [-0.2, 0) is 0 Å². The first kappa shape index (κ1) is 16.4. The van der Waals surface area contributed by atoms with Crippen molar-refractivity contribution in [3.63, 3.8) is 0 Å². The van der Waals surface area contributed by atoms with E-state index in [4.69, 9.17) is 34.8 Å². The van der Waals surface area contributed by atoms with E-state index in [1.807, 2.05) is 12.1 Å². The van der Waals surface area contributed by atoms with Gasteiger partial charge in [-0.25, -0.2) is 0 Å². The van der Waals surface area contributed by atoms with Crippen LogP contribution in [0.2, 0.25) is 15.1 Å². The fourth-order valence-corrected chi connectivity index (χ4v) is 3.84. The Kier molecular flexibility index (Phi) is 6.04. The Balaban J connectivity index is 2.04. The molecule has 0 saturated heterocycles. The highest BCUT2D eigenvalue weighted by Gasteiger charge is 2.22. The van der Waals surface area contributed by atoms with E-state index in [2.05, 4.69) is 19.2 Å². The fourth-order valence-electron chi connectivity index (χ4n) is 3.13. The van der Waals surface area contributed by atoms with E-state index in [0.717, 1.165) is 11.5 Å². The quantitative estimate of drug-likeness (QED) is 0.640. The maximum Gasteiger partial charge on any atom is 0.0781 e. The van der Waals surface area contributed by atoms with E-state index in [0.29, 0.717) is 21.1 Å². The summed E-state index contributed by atoms with van der Waals surface area (Å²) in [5.41, 5.74) is 1.02. The zero-order valence-electron chi connectivity index (χ0n) is 12.1. The Bertz CT molecular complexity index is 455. The van der Waals surface area contributed by atoms with Crippen LogP contribution in [0.3, 0.4) is 0 Å². The van der Waals surface area contributed by atoms with E-state index < -0.39 is 0 Å². The molecule has 2 rings (SSSR count). The zero-order valence-corrected chi connectivity index (χ0v) is 14.3. The number of hydrogen-bond donors (Lipinski definition) is 1.